The van der Waals surface area contributed by atoms with Gasteiger partial charge in [0.15, 0.2) is 0 Å². The third-order valence-electron chi connectivity index (χ3n) is 4.57. The van der Waals surface area contributed by atoms with Gasteiger partial charge < -0.3 is 9.47 Å². The van der Waals surface area contributed by atoms with E-state index < -0.39 is 17.7 Å². The zero-order chi connectivity index (χ0) is 15.6. The maximum absolute atomic E-state index is 11.5. The Hall–Kier alpha value is -1.32. The Labute approximate surface area is 121 Å². The van der Waals surface area contributed by atoms with Gasteiger partial charge in [-0.1, -0.05) is 26.0 Å². The van der Waals surface area contributed by atoms with Gasteiger partial charge in [0, 0.05) is 25.7 Å². The van der Waals surface area contributed by atoms with Crippen LogP contribution in [0.5, 0.6) is 0 Å². The number of esters is 2. The van der Waals surface area contributed by atoms with E-state index in [1.54, 1.807) is 0 Å². The summed E-state index contributed by atoms with van der Waals surface area (Å²) in [5.41, 5.74) is 0.669. The Balaban J connectivity index is 3.23. The molecule has 0 bridgehead atoms. The SMILES string of the molecule is C=C(C)C1CCC(C)(CC)C(OC(C)=O)(OC(C)=O)C1. The smallest absolute Gasteiger partial charge is 0.305 e. The first-order valence-corrected chi connectivity index (χ1v) is 7.20. The molecule has 0 saturated heterocycles. The number of carbonyl (C=O) groups is 2. The molecule has 20 heavy (non-hydrogen) atoms. The Bertz CT molecular complexity index is 397. The van der Waals surface area contributed by atoms with Crippen LogP contribution in [0.15, 0.2) is 12.2 Å². The van der Waals surface area contributed by atoms with E-state index >= 15 is 0 Å². The highest BCUT2D eigenvalue weighted by molar-refractivity contribution is 5.69. The molecule has 1 aliphatic carbocycles. The molecule has 0 amide bonds. The zero-order valence-corrected chi connectivity index (χ0v) is 13.2. The van der Waals surface area contributed by atoms with Crippen LogP contribution in [0.2, 0.25) is 0 Å². The maximum atomic E-state index is 11.5. The van der Waals surface area contributed by atoms with Gasteiger partial charge in [-0.05, 0) is 32.1 Å². The lowest BCUT2D eigenvalue weighted by Crippen LogP contribution is -2.56. The summed E-state index contributed by atoms with van der Waals surface area (Å²) in [5, 5.41) is 0. The first kappa shape index (κ1) is 16.7. The van der Waals surface area contributed by atoms with Gasteiger partial charge in [0.2, 0.25) is 0 Å². The van der Waals surface area contributed by atoms with Gasteiger partial charge >= 0.3 is 11.9 Å². The topological polar surface area (TPSA) is 52.6 Å². The minimum Gasteiger partial charge on any atom is -0.422 e. The van der Waals surface area contributed by atoms with E-state index in [4.69, 9.17) is 9.47 Å². The number of rotatable bonds is 4. The lowest BCUT2D eigenvalue weighted by atomic mass is 9.64. The molecule has 114 valence electrons. The van der Waals surface area contributed by atoms with Gasteiger partial charge in [0.05, 0.1) is 0 Å². The first-order valence-electron chi connectivity index (χ1n) is 7.20. The fourth-order valence-corrected chi connectivity index (χ4v) is 3.04. The Morgan fingerprint density at radius 2 is 1.70 bits per heavy atom. The number of hydrogen-bond donors (Lipinski definition) is 0. The van der Waals surface area contributed by atoms with Crippen molar-refractivity contribution in [3.05, 3.63) is 12.2 Å². The van der Waals surface area contributed by atoms with Crippen LogP contribution in [0.3, 0.4) is 0 Å². The van der Waals surface area contributed by atoms with Crippen molar-refractivity contribution >= 4 is 11.9 Å². The average Bonchev–Trinajstić information content (AvgIpc) is 2.30. The summed E-state index contributed by atoms with van der Waals surface area (Å²) in [6.45, 7) is 12.7. The molecule has 0 heterocycles. The van der Waals surface area contributed by atoms with E-state index in [0.717, 1.165) is 24.8 Å². The van der Waals surface area contributed by atoms with Crippen LogP contribution in [0.4, 0.5) is 0 Å². The predicted molar refractivity (Wildman–Crippen MR) is 76.8 cm³/mol. The number of carbonyl (C=O) groups excluding carboxylic acids is 2. The monoisotopic (exact) mass is 282 g/mol. The highest BCUT2D eigenvalue weighted by Gasteiger charge is 2.56. The summed E-state index contributed by atoms with van der Waals surface area (Å²) in [5.74, 6) is -1.82. The van der Waals surface area contributed by atoms with Gasteiger partial charge in [0.25, 0.3) is 5.79 Å². The van der Waals surface area contributed by atoms with E-state index in [0.29, 0.717) is 6.42 Å². The molecule has 0 N–H and O–H groups in total. The van der Waals surface area contributed by atoms with Gasteiger partial charge in [-0.25, -0.2) is 0 Å². The summed E-state index contributed by atoms with van der Waals surface area (Å²) >= 11 is 0. The number of hydrogen-bond acceptors (Lipinski definition) is 4. The molecular formula is C16H26O4. The molecule has 2 atom stereocenters. The summed E-state index contributed by atoms with van der Waals surface area (Å²) in [6.07, 6.45) is 3.08. The molecule has 4 heteroatoms. The summed E-state index contributed by atoms with van der Waals surface area (Å²) in [7, 11) is 0. The van der Waals surface area contributed by atoms with Crippen LogP contribution in [-0.2, 0) is 19.1 Å². The molecule has 2 unspecified atom stereocenters. The molecule has 0 spiro atoms. The highest BCUT2D eigenvalue weighted by Crippen LogP contribution is 2.52. The first-order chi connectivity index (χ1) is 9.16. The van der Waals surface area contributed by atoms with E-state index in [2.05, 4.69) is 6.58 Å². The normalized spacial score (nSPS) is 28.6. The fraction of sp³-hybridized carbons (Fsp3) is 0.750. The highest BCUT2D eigenvalue weighted by atomic mass is 16.7. The Morgan fingerprint density at radius 1 is 1.20 bits per heavy atom. The van der Waals surface area contributed by atoms with Crippen LogP contribution < -0.4 is 0 Å². The van der Waals surface area contributed by atoms with Gasteiger partial charge in [-0.15, -0.1) is 0 Å². The van der Waals surface area contributed by atoms with Crippen LogP contribution in [0, 0.1) is 11.3 Å². The zero-order valence-electron chi connectivity index (χ0n) is 13.2. The summed E-state index contributed by atoms with van der Waals surface area (Å²) in [4.78, 5) is 23.1. The van der Waals surface area contributed by atoms with Crippen molar-refractivity contribution in [2.75, 3.05) is 0 Å². The van der Waals surface area contributed by atoms with E-state index in [1.165, 1.54) is 13.8 Å². The van der Waals surface area contributed by atoms with Crippen LogP contribution >= 0.6 is 0 Å². The molecule has 1 saturated carbocycles. The van der Waals surface area contributed by atoms with Crippen molar-refractivity contribution < 1.29 is 19.1 Å². The van der Waals surface area contributed by atoms with E-state index in [-0.39, 0.29) is 11.3 Å². The van der Waals surface area contributed by atoms with Gasteiger partial charge in [-0.2, -0.15) is 0 Å². The number of allylic oxidation sites excluding steroid dienone is 1. The molecule has 1 rings (SSSR count). The molecule has 4 nitrogen and oxygen atoms in total. The van der Waals surface area contributed by atoms with Gasteiger partial charge in [0.1, 0.15) is 0 Å². The van der Waals surface area contributed by atoms with Crippen molar-refractivity contribution in [3.63, 3.8) is 0 Å². The average molecular weight is 282 g/mol. The minimum absolute atomic E-state index is 0.202. The molecule has 0 aliphatic heterocycles. The van der Waals surface area contributed by atoms with Crippen LogP contribution in [0.25, 0.3) is 0 Å². The molecule has 0 radical (unpaired) electrons. The molecule has 0 aromatic heterocycles. The Kier molecular flexibility index (Phi) is 5.00. The van der Waals surface area contributed by atoms with Crippen molar-refractivity contribution in [2.24, 2.45) is 11.3 Å². The van der Waals surface area contributed by atoms with Crippen molar-refractivity contribution in [3.8, 4) is 0 Å². The van der Waals surface area contributed by atoms with E-state index in [9.17, 15) is 9.59 Å². The second kappa shape index (κ2) is 5.98. The second-order valence-electron chi connectivity index (χ2n) is 6.14. The quantitative estimate of drug-likeness (QED) is 0.449. The van der Waals surface area contributed by atoms with Crippen molar-refractivity contribution in [1.82, 2.24) is 0 Å². The fourth-order valence-electron chi connectivity index (χ4n) is 3.04. The lowest BCUT2D eigenvalue weighted by Gasteiger charge is -2.51. The summed E-state index contributed by atoms with van der Waals surface area (Å²) < 4.78 is 11.1. The third kappa shape index (κ3) is 3.22. The molecular weight excluding hydrogens is 256 g/mol. The lowest BCUT2D eigenvalue weighted by molar-refractivity contribution is -0.286. The van der Waals surface area contributed by atoms with Crippen molar-refractivity contribution in [1.29, 1.82) is 0 Å². The molecule has 0 aromatic carbocycles. The summed E-state index contributed by atoms with van der Waals surface area (Å²) in [6, 6.07) is 0. The van der Waals surface area contributed by atoms with Crippen molar-refractivity contribution in [2.45, 2.75) is 66.1 Å². The number of ether oxygens (including phenoxy) is 2. The van der Waals surface area contributed by atoms with E-state index in [1.807, 2.05) is 20.8 Å². The minimum atomic E-state index is -1.18. The maximum Gasteiger partial charge on any atom is 0.305 e. The van der Waals surface area contributed by atoms with Crippen LogP contribution in [0.1, 0.15) is 60.3 Å². The third-order valence-corrected chi connectivity index (χ3v) is 4.57. The predicted octanol–water partition coefficient (Wildman–Crippen LogP) is 3.60. The Morgan fingerprint density at radius 3 is 2.05 bits per heavy atom. The molecule has 1 fully saturated rings. The second-order valence-corrected chi connectivity index (χ2v) is 6.14. The molecule has 0 aromatic rings. The molecule has 1 aliphatic rings. The van der Waals surface area contributed by atoms with Crippen LogP contribution in [-0.4, -0.2) is 17.7 Å². The largest absolute Gasteiger partial charge is 0.422 e. The van der Waals surface area contributed by atoms with Gasteiger partial charge in [-0.3, -0.25) is 9.59 Å². The standard InChI is InChI=1S/C16H26O4/c1-7-15(6)9-8-14(11(2)3)10-16(15,19-12(4)17)20-13(5)18/h14H,2,7-10H2,1,3-6H3.